The van der Waals surface area contributed by atoms with Gasteiger partial charge in [-0.25, -0.2) is 0 Å². The largest absolute Gasteiger partial charge is 0.497 e. The van der Waals surface area contributed by atoms with Crippen LogP contribution in [0.25, 0.3) is 18.2 Å². The van der Waals surface area contributed by atoms with Crippen LogP contribution in [-0.2, 0) is 5.41 Å². The molecule has 4 aromatic rings. The Morgan fingerprint density at radius 3 is 1.75 bits per heavy atom. The molecule has 0 fully saturated rings. The van der Waals surface area contributed by atoms with Gasteiger partial charge < -0.3 is 19.1 Å². The molecule has 0 aromatic heterocycles. The van der Waals surface area contributed by atoms with Gasteiger partial charge in [-0.05, 0) is 121 Å². The Labute approximate surface area is 334 Å². The maximum Gasteiger partial charge on any atom is 0.127 e. The number of ether oxygens (including phenoxy) is 3. The number of rotatable bonds is 22. The molecule has 0 saturated carbocycles. The first-order valence-electron chi connectivity index (χ1n) is 21.0. The normalized spacial score (nSPS) is 13.6. The number of unbranched alkanes of at least 4 members (excludes halogenated alkanes) is 1. The van der Waals surface area contributed by atoms with Gasteiger partial charge in [-0.3, -0.25) is 0 Å². The number of anilines is 3. The van der Waals surface area contributed by atoms with E-state index in [1.54, 1.807) is 14.2 Å². The zero-order valence-electron chi connectivity index (χ0n) is 35.7. The summed E-state index contributed by atoms with van der Waals surface area (Å²) in [5.41, 5.74) is 8.16. The van der Waals surface area contributed by atoms with E-state index in [9.17, 15) is 0 Å². The molecule has 4 nitrogen and oxygen atoms in total. The quantitative estimate of drug-likeness (QED) is 0.0750. The van der Waals surface area contributed by atoms with Crippen LogP contribution in [0.1, 0.15) is 135 Å². The fraction of sp³-hybridized carbons (Fsp3) is 0.451. The zero-order valence-corrected chi connectivity index (χ0v) is 35.7. The van der Waals surface area contributed by atoms with Crippen LogP contribution >= 0.6 is 0 Å². The molecule has 0 aliphatic rings. The van der Waals surface area contributed by atoms with E-state index < -0.39 is 0 Å². The summed E-state index contributed by atoms with van der Waals surface area (Å²) in [7, 11) is 3.46. The summed E-state index contributed by atoms with van der Waals surface area (Å²) in [6.07, 6.45) is 19.3. The van der Waals surface area contributed by atoms with Gasteiger partial charge in [0.15, 0.2) is 0 Å². The van der Waals surface area contributed by atoms with Crippen molar-refractivity contribution in [2.45, 2.75) is 119 Å². The number of hydrogen-bond acceptors (Lipinski definition) is 4. The van der Waals surface area contributed by atoms with Crippen molar-refractivity contribution in [2.24, 2.45) is 11.3 Å². The monoisotopic (exact) mass is 744 g/mol. The van der Waals surface area contributed by atoms with E-state index >= 15 is 0 Å². The third kappa shape index (κ3) is 11.5. The minimum atomic E-state index is 0.139. The zero-order chi connectivity index (χ0) is 39.8. The van der Waals surface area contributed by atoms with E-state index in [4.69, 9.17) is 14.2 Å². The SMILES string of the molecule is CCCCC(CC)COc1cc(/C=C\c2ccc(N(c3ccc(OC)cc3)c3ccc(C(C)(CC)CCC)cc3)cc2)c(OC)cc1/C=C\C(C)(CC)CC. The lowest BCUT2D eigenvalue weighted by atomic mass is 9.76. The molecule has 4 rings (SSSR count). The van der Waals surface area contributed by atoms with Crippen LogP contribution in [0.2, 0.25) is 0 Å². The molecule has 0 saturated heterocycles. The summed E-state index contributed by atoms with van der Waals surface area (Å²) in [5, 5.41) is 0. The molecule has 0 bridgehead atoms. The van der Waals surface area contributed by atoms with Crippen LogP contribution in [0.15, 0.2) is 91.0 Å². The van der Waals surface area contributed by atoms with Crippen LogP contribution in [-0.4, -0.2) is 20.8 Å². The van der Waals surface area contributed by atoms with Crippen LogP contribution in [0.5, 0.6) is 17.2 Å². The Bertz CT molecular complexity index is 1780. The molecule has 0 N–H and O–H groups in total. The van der Waals surface area contributed by atoms with Crippen LogP contribution in [0, 0.1) is 11.3 Å². The van der Waals surface area contributed by atoms with E-state index in [0.29, 0.717) is 5.92 Å². The van der Waals surface area contributed by atoms with E-state index in [-0.39, 0.29) is 10.8 Å². The first kappa shape index (κ1) is 43.3. The molecule has 4 heteroatoms. The Morgan fingerprint density at radius 1 is 0.636 bits per heavy atom. The topological polar surface area (TPSA) is 30.9 Å². The average Bonchev–Trinajstić information content (AvgIpc) is 3.23. The van der Waals surface area contributed by atoms with Gasteiger partial charge in [0.05, 0.1) is 20.8 Å². The van der Waals surface area contributed by atoms with Gasteiger partial charge in [0.1, 0.15) is 17.2 Å². The highest BCUT2D eigenvalue weighted by Gasteiger charge is 2.24. The van der Waals surface area contributed by atoms with Gasteiger partial charge in [0.2, 0.25) is 0 Å². The van der Waals surface area contributed by atoms with Gasteiger partial charge in [-0.15, -0.1) is 0 Å². The van der Waals surface area contributed by atoms with Crippen LogP contribution in [0.4, 0.5) is 17.1 Å². The second-order valence-corrected chi connectivity index (χ2v) is 15.7. The molecular formula is C51H69NO3. The van der Waals surface area contributed by atoms with Crippen molar-refractivity contribution in [1.82, 2.24) is 0 Å². The van der Waals surface area contributed by atoms with E-state index in [2.05, 4.69) is 157 Å². The lowest BCUT2D eigenvalue weighted by Gasteiger charge is -2.30. The van der Waals surface area contributed by atoms with Crippen molar-refractivity contribution < 1.29 is 14.2 Å². The molecule has 2 unspecified atom stereocenters. The predicted octanol–water partition coefficient (Wildman–Crippen LogP) is 15.2. The van der Waals surface area contributed by atoms with Gasteiger partial charge in [0, 0.05) is 28.2 Å². The lowest BCUT2D eigenvalue weighted by molar-refractivity contribution is 0.232. The molecule has 4 aromatic carbocycles. The van der Waals surface area contributed by atoms with E-state index in [1.807, 2.05) is 12.1 Å². The third-order valence-electron chi connectivity index (χ3n) is 12.0. The highest BCUT2D eigenvalue weighted by Crippen LogP contribution is 2.39. The first-order chi connectivity index (χ1) is 26.6. The molecular weight excluding hydrogens is 675 g/mol. The fourth-order valence-electron chi connectivity index (χ4n) is 7.22. The van der Waals surface area contributed by atoms with Crippen molar-refractivity contribution in [2.75, 3.05) is 25.7 Å². The minimum absolute atomic E-state index is 0.139. The number of benzene rings is 4. The summed E-state index contributed by atoms with van der Waals surface area (Å²) < 4.78 is 18.1. The fourth-order valence-corrected chi connectivity index (χ4v) is 7.22. The highest BCUT2D eigenvalue weighted by molar-refractivity contribution is 5.80. The number of nitrogens with zero attached hydrogens (tertiary/aromatic N) is 1. The predicted molar refractivity (Wildman–Crippen MR) is 239 cm³/mol. The Kier molecular flexibility index (Phi) is 16.5. The molecule has 0 radical (unpaired) electrons. The summed E-state index contributed by atoms with van der Waals surface area (Å²) in [4.78, 5) is 2.31. The standard InChI is InChI=1S/C51H69NO3/c1-11-17-18-39(13-3)38-55-49-37-41(48(54-10)36-42(49)33-35-50(7,14-4)15-5)22-19-40-20-25-44(26-21-40)52(46-29-31-47(53-9)32-30-46)45-27-23-43(24-28-45)51(8,16-6)34-12-2/h19-33,35-37,39H,11-18,34,38H2,1-10H3/b22-19-,35-33-. The second-order valence-electron chi connectivity index (χ2n) is 15.7. The van der Waals surface area contributed by atoms with Crippen molar-refractivity contribution in [3.8, 4) is 17.2 Å². The number of methoxy groups -OCH3 is 2. The third-order valence-corrected chi connectivity index (χ3v) is 12.0. The maximum atomic E-state index is 6.64. The molecule has 0 spiro atoms. The van der Waals surface area contributed by atoms with Crippen molar-refractivity contribution in [3.63, 3.8) is 0 Å². The number of hydrogen-bond donors (Lipinski definition) is 0. The Morgan fingerprint density at radius 2 is 1.22 bits per heavy atom. The summed E-state index contributed by atoms with van der Waals surface area (Å²) >= 11 is 0. The molecule has 0 aliphatic carbocycles. The molecule has 55 heavy (non-hydrogen) atoms. The van der Waals surface area contributed by atoms with Crippen LogP contribution < -0.4 is 19.1 Å². The molecule has 2 atom stereocenters. The van der Waals surface area contributed by atoms with E-state index in [1.165, 1.54) is 37.7 Å². The van der Waals surface area contributed by atoms with Gasteiger partial charge in [0.25, 0.3) is 0 Å². The molecule has 296 valence electrons. The van der Waals surface area contributed by atoms with Gasteiger partial charge >= 0.3 is 0 Å². The van der Waals surface area contributed by atoms with Crippen molar-refractivity contribution in [1.29, 1.82) is 0 Å². The van der Waals surface area contributed by atoms with Gasteiger partial charge in [-0.2, -0.15) is 0 Å². The minimum Gasteiger partial charge on any atom is -0.497 e. The maximum absolute atomic E-state index is 6.64. The molecule has 0 aliphatic heterocycles. The van der Waals surface area contributed by atoms with E-state index in [0.717, 1.165) is 83.3 Å². The molecule has 0 heterocycles. The first-order valence-corrected chi connectivity index (χ1v) is 21.0. The van der Waals surface area contributed by atoms with Crippen LogP contribution in [0.3, 0.4) is 0 Å². The lowest BCUT2D eigenvalue weighted by Crippen LogP contribution is -2.20. The second kappa shape index (κ2) is 21.0. The van der Waals surface area contributed by atoms with Gasteiger partial charge in [-0.1, -0.05) is 130 Å². The number of allylic oxidation sites excluding steroid dienone is 1. The summed E-state index contributed by atoms with van der Waals surface area (Å²) in [6, 6.07) is 30.5. The summed E-state index contributed by atoms with van der Waals surface area (Å²) in [6.45, 7) is 19.1. The average molecular weight is 744 g/mol. The smallest absolute Gasteiger partial charge is 0.127 e. The summed E-state index contributed by atoms with van der Waals surface area (Å²) in [5.74, 6) is 3.13. The Balaban J connectivity index is 1.68. The van der Waals surface area contributed by atoms with Crippen molar-refractivity contribution >= 4 is 35.3 Å². The Hall–Kier alpha value is -4.44. The van der Waals surface area contributed by atoms with Crippen molar-refractivity contribution in [3.05, 3.63) is 113 Å². The molecule has 0 amide bonds. The highest BCUT2D eigenvalue weighted by atomic mass is 16.5.